The van der Waals surface area contributed by atoms with Gasteiger partial charge in [0.05, 0.1) is 6.07 Å². The molecule has 1 aliphatic rings. The molecule has 0 aromatic heterocycles. The number of carbonyl (C=O) groups is 1. The summed E-state index contributed by atoms with van der Waals surface area (Å²) in [6.45, 7) is 8.54. The predicted molar refractivity (Wildman–Crippen MR) is 62.7 cm³/mol. The highest BCUT2D eigenvalue weighted by atomic mass is 16.2. The molecular formula is C12H21N3O. The van der Waals surface area contributed by atoms with Crippen LogP contribution < -0.4 is 5.32 Å². The fraction of sp³-hybridized carbons (Fsp3) is 0.833. The van der Waals surface area contributed by atoms with Crippen molar-refractivity contribution in [3.05, 3.63) is 0 Å². The highest BCUT2D eigenvalue weighted by Gasteiger charge is 2.31. The van der Waals surface area contributed by atoms with Gasteiger partial charge in [-0.2, -0.15) is 5.26 Å². The largest absolute Gasteiger partial charge is 0.339 e. The summed E-state index contributed by atoms with van der Waals surface area (Å²) in [5.74, 6) is 0.242. The Bertz CT molecular complexity index is 282. The lowest BCUT2D eigenvalue weighted by atomic mass is 9.91. The molecule has 0 unspecified atom stereocenters. The van der Waals surface area contributed by atoms with E-state index in [2.05, 4.69) is 32.2 Å². The summed E-state index contributed by atoms with van der Waals surface area (Å²) in [7, 11) is 0. The first-order valence-corrected chi connectivity index (χ1v) is 5.80. The van der Waals surface area contributed by atoms with E-state index in [1.165, 1.54) is 0 Å². The molecule has 4 nitrogen and oxygen atoms in total. The van der Waals surface area contributed by atoms with Crippen LogP contribution in [0.3, 0.4) is 0 Å². The number of carbonyl (C=O) groups excluding carboxylic acids is 1. The Labute approximate surface area is 97.6 Å². The highest BCUT2D eigenvalue weighted by Crippen LogP contribution is 2.21. The highest BCUT2D eigenvalue weighted by molar-refractivity contribution is 5.77. The van der Waals surface area contributed by atoms with E-state index in [1.54, 1.807) is 0 Å². The molecule has 0 aromatic carbocycles. The van der Waals surface area contributed by atoms with E-state index in [0.29, 0.717) is 18.9 Å². The van der Waals surface area contributed by atoms with Gasteiger partial charge in [0.25, 0.3) is 0 Å². The van der Waals surface area contributed by atoms with Gasteiger partial charge in [-0.1, -0.05) is 20.8 Å². The molecule has 0 spiro atoms. The maximum Gasteiger partial charge on any atom is 0.223 e. The van der Waals surface area contributed by atoms with Gasteiger partial charge in [-0.25, -0.2) is 0 Å². The summed E-state index contributed by atoms with van der Waals surface area (Å²) < 4.78 is 0. The average molecular weight is 223 g/mol. The van der Waals surface area contributed by atoms with E-state index < -0.39 is 0 Å². The molecule has 0 aliphatic carbocycles. The lowest BCUT2D eigenvalue weighted by Gasteiger charge is -2.40. The zero-order chi connectivity index (χ0) is 12.2. The molecule has 1 N–H and O–H groups in total. The minimum atomic E-state index is 0.0659. The third kappa shape index (κ3) is 4.19. The monoisotopic (exact) mass is 223 g/mol. The molecule has 1 aliphatic heterocycles. The van der Waals surface area contributed by atoms with Crippen molar-refractivity contribution in [2.75, 3.05) is 19.6 Å². The molecule has 1 fully saturated rings. The van der Waals surface area contributed by atoms with Crippen LogP contribution in [0.25, 0.3) is 0 Å². The number of hydrogen-bond acceptors (Lipinski definition) is 3. The van der Waals surface area contributed by atoms with Crippen molar-refractivity contribution in [2.45, 2.75) is 39.7 Å². The van der Waals surface area contributed by atoms with Crippen LogP contribution in [0.5, 0.6) is 0 Å². The first kappa shape index (κ1) is 13.0. The van der Waals surface area contributed by atoms with Gasteiger partial charge in [0.15, 0.2) is 0 Å². The molecular weight excluding hydrogens is 202 g/mol. The van der Waals surface area contributed by atoms with Crippen molar-refractivity contribution in [1.82, 2.24) is 10.2 Å². The normalized spacial score (nSPS) is 16.8. The zero-order valence-corrected chi connectivity index (χ0v) is 10.4. The number of nitrogens with one attached hydrogen (secondary N) is 1. The molecule has 0 bridgehead atoms. The maximum absolute atomic E-state index is 11.8. The number of amides is 1. The molecule has 0 saturated carbocycles. The molecule has 16 heavy (non-hydrogen) atoms. The van der Waals surface area contributed by atoms with Gasteiger partial charge in [0, 0.05) is 38.5 Å². The summed E-state index contributed by atoms with van der Waals surface area (Å²) in [5, 5.41) is 11.6. The minimum Gasteiger partial charge on any atom is -0.339 e. The molecule has 0 aromatic rings. The summed E-state index contributed by atoms with van der Waals surface area (Å²) in [6.07, 6.45) is 1.14. The molecule has 1 amide bonds. The van der Waals surface area contributed by atoms with Crippen LogP contribution in [-0.2, 0) is 4.79 Å². The van der Waals surface area contributed by atoms with Crippen molar-refractivity contribution in [3.63, 3.8) is 0 Å². The number of rotatable bonds is 4. The Hall–Kier alpha value is -1.08. The van der Waals surface area contributed by atoms with Crippen LogP contribution in [-0.4, -0.2) is 36.5 Å². The molecule has 1 heterocycles. The first-order chi connectivity index (χ1) is 7.42. The van der Waals surface area contributed by atoms with Crippen LogP contribution in [0.1, 0.15) is 33.6 Å². The molecule has 0 atom stereocenters. The van der Waals surface area contributed by atoms with Gasteiger partial charge in [0.2, 0.25) is 5.91 Å². The molecule has 90 valence electrons. The third-order valence-electron chi connectivity index (χ3n) is 2.59. The quantitative estimate of drug-likeness (QED) is 0.727. The zero-order valence-electron chi connectivity index (χ0n) is 10.4. The van der Waals surface area contributed by atoms with Gasteiger partial charge in [0.1, 0.15) is 0 Å². The third-order valence-corrected chi connectivity index (χ3v) is 2.59. The van der Waals surface area contributed by atoms with Gasteiger partial charge in [-0.3, -0.25) is 4.79 Å². The summed E-state index contributed by atoms with van der Waals surface area (Å²) >= 11 is 0. The molecule has 1 saturated heterocycles. The number of nitrogens with zero attached hydrogens (tertiary/aromatic N) is 2. The van der Waals surface area contributed by atoms with Crippen LogP contribution in [0.4, 0.5) is 0 Å². The van der Waals surface area contributed by atoms with Gasteiger partial charge in [-0.05, 0) is 5.41 Å². The molecule has 1 rings (SSSR count). The second kappa shape index (κ2) is 5.31. The maximum atomic E-state index is 11.8. The SMILES string of the molecule is CC(C)(C)CC(=O)N1CC(NCCC#N)C1. The standard InChI is InChI=1S/C12H21N3O/c1-12(2,3)7-11(16)15-8-10(9-15)14-6-4-5-13/h10,14H,4,6-9H2,1-3H3. The van der Waals surface area contributed by atoms with Gasteiger partial charge >= 0.3 is 0 Å². The summed E-state index contributed by atoms with van der Waals surface area (Å²) in [5.41, 5.74) is 0.0659. The lowest BCUT2D eigenvalue weighted by molar-refractivity contribution is -0.137. The van der Waals surface area contributed by atoms with E-state index in [1.807, 2.05) is 4.90 Å². The molecule has 0 radical (unpaired) electrons. The Morgan fingerprint density at radius 3 is 2.62 bits per heavy atom. The van der Waals surface area contributed by atoms with E-state index >= 15 is 0 Å². The van der Waals surface area contributed by atoms with Crippen molar-refractivity contribution in [3.8, 4) is 6.07 Å². The van der Waals surface area contributed by atoms with Gasteiger partial charge in [-0.15, -0.1) is 0 Å². The average Bonchev–Trinajstić information content (AvgIpc) is 2.05. The van der Waals surface area contributed by atoms with Crippen LogP contribution in [0, 0.1) is 16.7 Å². The summed E-state index contributed by atoms with van der Waals surface area (Å²) in [4.78, 5) is 13.6. The Morgan fingerprint density at radius 1 is 1.50 bits per heavy atom. The van der Waals surface area contributed by atoms with E-state index in [-0.39, 0.29) is 11.3 Å². The van der Waals surface area contributed by atoms with Gasteiger partial charge < -0.3 is 10.2 Å². The smallest absolute Gasteiger partial charge is 0.223 e. The number of nitriles is 1. The second-order valence-electron chi connectivity index (χ2n) is 5.60. The predicted octanol–water partition coefficient (Wildman–Crippen LogP) is 1.14. The van der Waals surface area contributed by atoms with Crippen molar-refractivity contribution >= 4 is 5.91 Å². The fourth-order valence-corrected chi connectivity index (χ4v) is 1.71. The lowest BCUT2D eigenvalue weighted by Crippen LogP contribution is -2.60. The molecule has 4 heteroatoms. The minimum absolute atomic E-state index is 0.0659. The Morgan fingerprint density at radius 2 is 2.12 bits per heavy atom. The van der Waals surface area contributed by atoms with Crippen LogP contribution in [0.2, 0.25) is 0 Å². The summed E-state index contributed by atoms with van der Waals surface area (Å²) in [6, 6.07) is 2.48. The van der Waals surface area contributed by atoms with Crippen molar-refractivity contribution < 1.29 is 4.79 Å². The number of likely N-dealkylation sites (tertiary alicyclic amines) is 1. The van der Waals surface area contributed by atoms with Crippen molar-refractivity contribution in [1.29, 1.82) is 5.26 Å². The van der Waals surface area contributed by atoms with E-state index in [9.17, 15) is 4.79 Å². The second-order valence-corrected chi connectivity index (χ2v) is 5.60. The van der Waals surface area contributed by atoms with E-state index in [4.69, 9.17) is 5.26 Å². The fourth-order valence-electron chi connectivity index (χ4n) is 1.71. The topological polar surface area (TPSA) is 56.1 Å². The number of hydrogen-bond donors (Lipinski definition) is 1. The Balaban J connectivity index is 2.16. The van der Waals surface area contributed by atoms with Crippen LogP contribution >= 0.6 is 0 Å². The van der Waals surface area contributed by atoms with Crippen molar-refractivity contribution in [2.24, 2.45) is 5.41 Å². The first-order valence-electron chi connectivity index (χ1n) is 5.80. The van der Waals surface area contributed by atoms with E-state index in [0.717, 1.165) is 19.6 Å². The van der Waals surface area contributed by atoms with Crippen LogP contribution in [0.15, 0.2) is 0 Å². The Kier molecular flexibility index (Phi) is 4.31.